The van der Waals surface area contributed by atoms with Crippen LogP contribution in [0, 0.1) is 18.3 Å². The number of carbonyl (C=O) groups is 2. The molecule has 2 heterocycles. The Morgan fingerprint density at radius 2 is 1.94 bits per heavy atom. The zero-order valence-corrected chi connectivity index (χ0v) is 20.0. The zero-order chi connectivity index (χ0) is 24.1. The van der Waals surface area contributed by atoms with Crippen LogP contribution >= 0.6 is 24.0 Å². The van der Waals surface area contributed by atoms with E-state index in [0.29, 0.717) is 15.6 Å². The van der Waals surface area contributed by atoms with E-state index in [9.17, 15) is 24.8 Å². The van der Waals surface area contributed by atoms with Gasteiger partial charge in [-0.05, 0) is 30.5 Å². The molecule has 9 heteroatoms. The molecule has 0 bridgehead atoms. The number of ketones is 1. The predicted octanol–water partition coefficient (Wildman–Crippen LogP) is 4.01. The molecule has 7 nitrogen and oxygen atoms in total. The van der Waals surface area contributed by atoms with Gasteiger partial charge in [-0.2, -0.15) is 5.26 Å². The van der Waals surface area contributed by atoms with Crippen molar-refractivity contribution in [2.45, 2.75) is 39.7 Å². The van der Waals surface area contributed by atoms with Crippen LogP contribution in [0.25, 0.3) is 6.08 Å². The maximum Gasteiger partial charge on any atom is 0.271 e. The third kappa shape index (κ3) is 5.07. The Morgan fingerprint density at radius 1 is 1.24 bits per heavy atom. The molecule has 1 fully saturated rings. The summed E-state index contributed by atoms with van der Waals surface area (Å²) < 4.78 is 1.42. The molecule has 1 aliphatic rings. The van der Waals surface area contributed by atoms with E-state index in [1.54, 1.807) is 6.08 Å². The summed E-state index contributed by atoms with van der Waals surface area (Å²) in [5.74, 6) is -1.19. The number of thioether (sulfide) groups is 1. The molecule has 2 aromatic rings. The lowest BCUT2D eigenvalue weighted by Gasteiger charge is -2.17. The minimum atomic E-state index is -0.611. The fraction of sp³-hybridized carbons (Fsp3) is 0.292. The highest BCUT2D eigenvalue weighted by molar-refractivity contribution is 8.26. The van der Waals surface area contributed by atoms with E-state index in [2.05, 4.69) is 0 Å². The van der Waals surface area contributed by atoms with Gasteiger partial charge in [0.25, 0.3) is 11.5 Å². The number of Topliss-reactive ketones (excluding diaryl/α,β-unsaturated/α-hetero) is 1. The van der Waals surface area contributed by atoms with Crippen molar-refractivity contribution in [2.24, 2.45) is 0 Å². The molecule has 33 heavy (non-hydrogen) atoms. The van der Waals surface area contributed by atoms with Crippen LogP contribution in [-0.4, -0.2) is 37.1 Å². The molecular formula is C24H23N3O4S2. The largest absolute Gasteiger partial charge is 0.494 e. The van der Waals surface area contributed by atoms with Crippen LogP contribution < -0.4 is 5.56 Å². The molecule has 0 atom stereocenters. The Kier molecular flexibility index (Phi) is 7.84. The maximum absolute atomic E-state index is 13.0. The van der Waals surface area contributed by atoms with E-state index in [4.69, 9.17) is 12.2 Å². The number of pyridine rings is 1. The molecule has 0 saturated carbocycles. The topological polar surface area (TPSA) is 103 Å². The Bertz CT molecular complexity index is 1240. The van der Waals surface area contributed by atoms with Gasteiger partial charge in [-0.3, -0.25) is 23.9 Å². The van der Waals surface area contributed by atoms with E-state index in [1.807, 2.05) is 43.3 Å². The van der Waals surface area contributed by atoms with Gasteiger partial charge in [0, 0.05) is 19.5 Å². The summed E-state index contributed by atoms with van der Waals surface area (Å²) >= 11 is 6.50. The number of hydrogen-bond donors (Lipinski definition) is 1. The highest BCUT2D eigenvalue weighted by Gasteiger charge is 2.33. The molecule has 3 rings (SSSR count). The molecule has 1 aliphatic heterocycles. The third-order valence-electron chi connectivity index (χ3n) is 5.35. The van der Waals surface area contributed by atoms with Gasteiger partial charge in [0.1, 0.15) is 16.0 Å². The van der Waals surface area contributed by atoms with Gasteiger partial charge in [-0.25, -0.2) is 0 Å². The molecule has 1 amide bonds. The van der Waals surface area contributed by atoms with Crippen LogP contribution in [-0.2, 0) is 11.3 Å². The summed E-state index contributed by atoms with van der Waals surface area (Å²) in [5, 5.41) is 20.1. The summed E-state index contributed by atoms with van der Waals surface area (Å²) in [7, 11) is 0. The lowest BCUT2D eigenvalue weighted by molar-refractivity contribution is -0.122. The van der Waals surface area contributed by atoms with Gasteiger partial charge in [0.15, 0.2) is 5.78 Å². The van der Waals surface area contributed by atoms with Crippen LogP contribution in [0.15, 0.2) is 40.0 Å². The van der Waals surface area contributed by atoms with Gasteiger partial charge in [-0.1, -0.05) is 67.7 Å². The van der Waals surface area contributed by atoms with Gasteiger partial charge in [0.2, 0.25) is 5.88 Å². The van der Waals surface area contributed by atoms with Crippen LogP contribution in [0.3, 0.4) is 0 Å². The molecule has 0 unspecified atom stereocenters. The quantitative estimate of drug-likeness (QED) is 0.345. The SMILES string of the molecule is CCCCn1c(O)c(C(=O)CCN2C(=O)/C(=C/c3ccccc3)SC2=S)c(C)c(C#N)c1=O. The van der Waals surface area contributed by atoms with Crippen LogP contribution in [0.1, 0.15) is 53.2 Å². The number of nitriles is 1. The average Bonchev–Trinajstić information content (AvgIpc) is 3.05. The molecule has 0 radical (unpaired) electrons. The number of aromatic nitrogens is 1. The number of rotatable bonds is 8. The number of carbonyl (C=O) groups excluding carboxylic acids is 2. The van der Waals surface area contributed by atoms with Gasteiger partial charge < -0.3 is 5.11 Å². The zero-order valence-electron chi connectivity index (χ0n) is 18.3. The molecule has 0 aliphatic carbocycles. The van der Waals surface area contributed by atoms with Crippen molar-refractivity contribution in [1.82, 2.24) is 9.47 Å². The first-order valence-electron chi connectivity index (χ1n) is 10.5. The molecule has 1 N–H and O–H groups in total. The van der Waals surface area contributed by atoms with Crippen molar-refractivity contribution in [2.75, 3.05) is 6.54 Å². The number of aromatic hydroxyl groups is 1. The lowest BCUT2D eigenvalue weighted by Crippen LogP contribution is -2.31. The van der Waals surface area contributed by atoms with Crippen LogP contribution in [0.2, 0.25) is 0 Å². The fourth-order valence-electron chi connectivity index (χ4n) is 3.54. The second-order valence-electron chi connectivity index (χ2n) is 7.54. The number of unbranched alkanes of at least 4 members (excludes halogenated alkanes) is 1. The van der Waals surface area contributed by atoms with Gasteiger partial charge in [0.05, 0.1) is 10.5 Å². The molecule has 0 spiro atoms. The Balaban J connectivity index is 1.83. The number of nitrogens with zero attached hydrogens (tertiary/aromatic N) is 3. The van der Waals surface area contributed by atoms with E-state index < -0.39 is 17.2 Å². The Morgan fingerprint density at radius 3 is 2.58 bits per heavy atom. The van der Waals surface area contributed by atoms with Crippen molar-refractivity contribution < 1.29 is 14.7 Å². The van der Waals surface area contributed by atoms with E-state index in [1.165, 1.54) is 23.6 Å². The normalized spacial score (nSPS) is 14.7. The van der Waals surface area contributed by atoms with E-state index in [0.717, 1.165) is 16.6 Å². The van der Waals surface area contributed by atoms with Gasteiger partial charge >= 0.3 is 0 Å². The minimum Gasteiger partial charge on any atom is -0.494 e. The van der Waals surface area contributed by atoms with Crippen LogP contribution in [0.4, 0.5) is 0 Å². The maximum atomic E-state index is 13.0. The first-order valence-corrected chi connectivity index (χ1v) is 11.7. The predicted molar refractivity (Wildman–Crippen MR) is 132 cm³/mol. The Labute approximate surface area is 201 Å². The number of hydrogen-bond acceptors (Lipinski definition) is 7. The van der Waals surface area contributed by atoms with Crippen molar-refractivity contribution in [1.29, 1.82) is 5.26 Å². The summed E-state index contributed by atoms with van der Waals surface area (Å²) in [6, 6.07) is 11.2. The molecule has 1 saturated heterocycles. The fourth-order valence-corrected chi connectivity index (χ4v) is 4.85. The third-order valence-corrected chi connectivity index (χ3v) is 6.73. The standard InChI is InChI=1S/C24H23N3O4S2/c1-3-4-11-26-21(29)17(14-25)15(2)20(23(26)31)18(28)10-12-27-22(30)19(33-24(27)32)13-16-8-6-5-7-9-16/h5-9,13,31H,3-4,10-12H2,1-2H3/b19-13-. The first kappa shape index (κ1) is 24.4. The van der Waals surface area contributed by atoms with E-state index >= 15 is 0 Å². The summed E-state index contributed by atoms with van der Waals surface area (Å²) in [5.41, 5.74) is 0.178. The molecular weight excluding hydrogens is 458 g/mol. The second-order valence-corrected chi connectivity index (χ2v) is 9.21. The summed E-state index contributed by atoms with van der Waals surface area (Å²) in [6.45, 7) is 3.64. The number of thiocarbonyl (C=S) groups is 1. The Hall–Kier alpha value is -3.22. The van der Waals surface area contributed by atoms with Crippen molar-refractivity contribution >= 4 is 46.1 Å². The first-order chi connectivity index (χ1) is 15.8. The smallest absolute Gasteiger partial charge is 0.271 e. The van der Waals surface area contributed by atoms with E-state index in [-0.39, 0.29) is 42.1 Å². The monoisotopic (exact) mass is 481 g/mol. The van der Waals surface area contributed by atoms with Crippen molar-refractivity contribution in [3.63, 3.8) is 0 Å². The number of benzene rings is 1. The minimum absolute atomic E-state index is 0.0322. The molecule has 1 aromatic carbocycles. The highest BCUT2D eigenvalue weighted by atomic mass is 32.2. The molecule has 170 valence electrons. The summed E-state index contributed by atoms with van der Waals surface area (Å²) in [6.07, 6.45) is 3.02. The number of amides is 1. The highest BCUT2D eigenvalue weighted by Crippen LogP contribution is 2.33. The van der Waals surface area contributed by atoms with Crippen molar-refractivity contribution in [3.05, 3.63) is 67.8 Å². The summed E-state index contributed by atoms with van der Waals surface area (Å²) in [4.78, 5) is 40.2. The lowest BCUT2D eigenvalue weighted by atomic mass is 9.99. The molecule has 1 aromatic heterocycles. The van der Waals surface area contributed by atoms with Gasteiger partial charge in [-0.15, -0.1) is 0 Å². The average molecular weight is 482 g/mol. The second kappa shape index (κ2) is 10.6. The van der Waals surface area contributed by atoms with Crippen LogP contribution in [0.5, 0.6) is 5.88 Å². The van der Waals surface area contributed by atoms with Crippen molar-refractivity contribution in [3.8, 4) is 11.9 Å².